The average Bonchev–Trinajstić information content (AvgIpc) is 3.26. The summed E-state index contributed by atoms with van der Waals surface area (Å²) in [6.07, 6.45) is 10.1. The van der Waals surface area contributed by atoms with Crippen LogP contribution in [0, 0.1) is 0 Å². The van der Waals surface area contributed by atoms with Gasteiger partial charge in [-0.15, -0.1) is 23.1 Å². The van der Waals surface area contributed by atoms with Crippen LogP contribution in [0.25, 0.3) is 6.08 Å². The van der Waals surface area contributed by atoms with Crippen molar-refractivity contribution in [3.63, 3.8) is 0 Å². The van der Waals surface area contributed by atoms with E-state index in [1.807, 2.05) is 6.07 Å². The number of amides is 2. The molecule has 2 aromatic rings. The van der Waals surface area contributed by atoms with Crippen molar-refractivity contribution in [2.75, 3.05) is 11.5 Å². The van der Waals surface area contributed by atoms with E-state index >= 15 is 0 Å². The van der Waals surface area contributed by atoms with Gasteiger partial charge in [0.2, 0.25) is 0 Å². The fourth-order valence-electron chi connectivity index (χ4n) is 3.39. The van der Waals surface area contributed by atoms with Crippen molar-refractivity contribution in [1.29, 1.82) is 0 Å². The quantitative estimate of drug-likeness (QED) is 0.0857. The number of hydrogen-bond donors (Lipinski definition) is 3. The minimum Gasteiger partial charge on any atom is -0.543 e. The maximum atomic E-state index is 12.8. The van der Waals surface area contributed by atoms with Gasteiger partial charge in [0.15, 0.2) is 10.8 Å². The Bertz CT molecular complexity index is 1260. The summed E-state index contributed by atoms with van der Waals surface area (Å²) in [6.45, 7) is 0. The largest absolute Gasteiger partial charge is 1.00 e. The summed E-state index contributed by atoms with van der Waals surface area (Å²) in [4.78, 5) is 46.1. The number of hydrogen-bond acceptors (Lipinski definition) is 11. The van der Waals surface area contributed by atoms with E-state index in [1.54, 1.807) is 42.8 Å². The van der Waals surface area contributed by atoms with Gasteiger partial charge in [-0.3, -0.25) is 19.5 Å². The molecule has 4 N–H and O–H groups in total. The SMILES string of the molecule is Nc1nc(/C(=N/O)C(=O)N[C@@H]2C(=O)N3C(C(=O)[O-])=C(/C=C/C=C/c4cccnc4)CS[C@H]23)cs1.[Na+]. The predicted octanol–water partition coefficient (Wildman–Crippen LogP) is -3.02. The number of fused-ring (bicyclic) bond motifs is 1. The van der Waals surface area contributed by atoms with Crippen molar-refractivity contribution in [1.82, 2.24) is 20.2 Å². The van der Waals surface area contributed by atoms with Gasteiger partial charge in [-0.05, 0) is 17.2 Å². The molecule has 14 heteroatoms. The summed E-state index contributed by atoms with van der Waals surface area (Å²) in [5.41, 5.74) is 6.24. The molecular formula is C21H17N6NaO5S2. The number of nitrogens with one attached hydrogen (secondary N) is 1. The molecule has 11 nitrogen and oxygen atoms in total. The number of thiazole rings is 1. The van der Waals surface area contributed by atoms with Crippen LogP contribution in [-0.2, 0) is 14.4 Å². The number of aromatic nitrogens is 2. The number of carboxylic acid groups (broad SMARTS) is 1. The molecule has 0 saturated carbocycles. The van der Waals surface area contributed by atoms with Crippen LogP contribution in [0.15, 0.2) is 64.6 Å². The summed E-state index contributed by atoms with van der Waals surface area (Å²) in [5, 5.41) is 27.5. The van der Waals surface area contributed by atoms with Crippen molar-refractivity contribution < 1.29 is 54.3 Å². The van der Waals surface area contributed by atoms with Crippen LogP contribution in [0.5, 0.6) is 0 Å². The first-order valence-corrected chi connectivity index (χ1v) is 11.7. The molecule has 4 rings (SSSR count). The van der Waals surface area contributed by atoms with E-state index < -0.39 is 34.9 Å². The van der Waals surface area contributed by atoms with Gasteiger partial charge in [0.1, 0.15) is 17.1 Å². The molecule has 0 radical (unpaired) electrons. The molecule has 2 atom stereocenters. The molecule has 2 amide bonds. The molecule has 0 unspecified atom stereocenters. The maximum Gasteiger partial charge on any atom is 1.00 e. The number of anilines is 1. The van der Waals surface area contributed by atoms with E-state index in [-0.39, 0.29) is 51.8 Å². The Labute approximate surface area is 229 Å². The number of carbonyl (C=O) groups excluding carboxylic acids is 3. The number of aliphatic carboxylic acids is 1. The van der Waals surface area contributed by atoms with Crippen molar-refractivity contribution in [3.8, 4) is 0 Å². The first-order valence-electron chi connectivity index (χ1n) is 9.79. The number of nitrogens with zero attached hydrogens (tertiary/aromatic N) is 4. The van der Waals surface area contributed by atoms with Crippen molar-refractivity contribution in [2.45, 2.75) is 11.4 Å². The third-order valence-electron chi connectivity index (χ3n) is 4.94. The Morgan fingerprint density at radius 3 is 2.74 bits per heavy atom. The summed E-state index contributed by atoms with van der Waals surface area (Å²) >= 11 is 2.35. The van der Waals surface area contributed by atoms with E-state index in [9.17, 15) is 24.7 Å². The topological polar surface area (TPSA) is 174 Å². The molecule has 2 aliphatic heterocycles. The third kappa shape index (κ3) is 5.65. The number of carbonyl (C=O) groups is 3. The zero-order chi connectivity index (χ0) is 24.2. The monoisotopic (exact) mass is 520 g/mol. The fraction of sp³-hybridized carbons (Fsp3) is 0.143. The fourth-order valence-corrected chi connectivity index (χ4v) is 5.26. The number of oxime groups is 1. The molecule has 2 aliphatic rings. The number of pyridine rings is 1. The average molecular weight is 521 g/mol. The van der Waals surface area contributed by atoms with Gasteiger partial charge in [-0.25, -0.2) is 4.98 Å². The molecule has 0 aromatic carbocycles. The molecule has 2 aromatic heterocycles. The van der Waals surface area contributed by atoms with Crippen LogP contribution in [0.3, 0.4) is 0 Å². The minimum absolute atomic E-state index is 0. The maximum absolute atomic E-state index is 12.8. The second kappa shape index (κ2) is 11.6. The van der Waals surface area contributed by atoms with Gasteiger partial charge < -0.3 is 26.2 Å². The summed E-state index contributed by atoms with van der Waals surface area (Å²) in [6, 6.07) is 2.66. The number of β-lactam (4-membered cyclic amide) rings is 1. The van der Waals surface area contributed by atoms with Crippen LogP contribution in [0.4, 0.5) is 5.13 Å². The Kier molecular flexibility index (Phi) is 8.86. The van der Waals surface area contributed by atoms with Crippen LogP contribution in [-0.4, -0.2) is 60.7 Å². The molecule has 174 valence electrons. The van der Waals surface area contributed by atoms with Crippen LogP contribution >= 0.6 is 23.1 Å². The Morgan fingerprint density at radius 1 is 1.34 bits per heavy atom. The smallest absolute Gasteiger partial charge is 0.543 e. The van der Waals surface area contributed by atoms with Gasteiger partial charge in [0, 0.05) is 23.5 Å². The molecule has 35 heavy (non-hydrogen) atoms. The number of allylic oxidation sites excluding steroid dienone is 3. The first-order chi connectivity index (χ1) is 16.4. The van der Waals surface area contributed by atoms with Crippen molar-refractivity contribution in [3.05, 3.63) is 70.7 Å². The van der Waals surface area contributed by atoms with E-state index in [0.29, 0.717) is 5.57 Å². The first kappa shape index (κ1) is 26.6. The molecule has 0 aliphatic carbocycles. The van der Waals surface area contributed by atoms with Gasteiger partial charge in [-0.1, -0.05) is 35.5 Å². The molecule has 0 bridgehead atoms. The van der Waals surface area contributed by atoms with E-state index in [2.05, 4.69) is 20.4 Å². The molecule has 0 spiro atoms. The van der Waals surface area contributed by atoms with Gasteiger partial charge in [0.25, 0.3) is 11.8 Å². The predicted molar refractivity (Wildman–Crippen MR) is 124 cm³/mol. The minimum atomic E-state index is -1.49. The Morgan fingerprint density at radius 2 is 2.11 bits per heavy atom. The van der Waals surface area contributed by atoms with Crippen molar-refractivity contribution in [2.24, 2.45) is 5.16 Å². The van der Waals surface area contributed by atoms with Crippen LogP contribution in [0.2, 0.25) is 0 Å². The normalized spacial score (nSPS) is 19.9. The molecular weight excluding hydrogens is 503 g/mol. The summed E-state index contributed by atoms with van der Waals surface area (Å²) in [5.74, 6) is -2.66. The Balaban J connectivity index is 0.00000342. The Hall–Kier alpha value is -2.97. The van der Waals surface area contributed by atoms with E-state index in [1.165, 1.54) is 17.1 Å². The van der Waals surface area contributed by atoms with Gasteiger partial charge in [0.05, 0.1) is 11.7 Å². The third-order valence-corrected chi connectivity index (χ3v) is 6.92. The molecule has 4 heterocycles. The molecule has 1 fully saturated rings. The zero-order valence-corrected chi connectivity index (χ0v) is 22.0. The van der Waals surface area contributed by atoms with E-state index in [4.69, 9.17) is 5.73 Å². The van der Waals surface area contributed by atoms with Gasteiger partial charge >= 0.3 is 29.6 Å². The number of thioether (sulfide) groups is 1. The number of nitrogen functional groups attached to an aromatic ring is 1. The van der Waals surface area contributed by atoms with Crippen LogP contribution in [0.1, 0.15) is 11.3 Å². The summed E-state index contributed by atoms with van der Waals surface area (Å²) in [7, 11) is 0. The van der Waals surface area contributed by atoms with Crippen LogP contribution < -0.4 is 45.7 Å². The zero-order valence-electron chi connectivity index (χ0n) is 18.3. The van der Waals surface area contributed by atoms with Crippen molar-refractivity contribution >= 4 is 57.8 Å². The second-order valence-corrected chi connectivity index (χ2v) is 9.04. The number of nitrogens with two attached hydrogens (primary N) is 1. The number of rotatable bonds is 7. The van der Waals surface area contributed by atoms with Gasteiger partial charge in [-0.2, -0.15) is 0 Å². The summed E-state index contributed by atoms with van der Waals surface area (Å²) < 4.78 is 0. The standard InChI is InChI=1S/C21H18N6O5S2.Na/c22-21-24-13(10-34-21)14(26-32)17(28)25-15-18(29)27-16(20(30)31)12(9-33-19(15)27)6-2-1-4-11-5-3-7-23-8-11;/h1-8,10,15,19,32H,9H2,(H2,22,24)(H,25,28)(H,30,31);/q;+1/p-1/b4-1+,6-2+,26-14-;/t15-,19-;/m1./s1. The molecule has 1 saturated heterocycles. The number of carboxylic acids is 1. The van der Waals surface area contributed by atoms with E-state index in [0.717, 1.165) is 21.8 Å². The second-order valence-electron chi connectivity index (χ2n) is 7.05.